The van der Waals surface area contributed by atoms with Crippen LogP contribution in [0.5, 0.6) is 0 Å². The zero-order valence-electron chi connectivity index (χ0n) is 11.8. The van der Waals surface area contributed by atoms with E-state index in [9.17, 15) is 4.79 Å². The van der Waals surface area contributed by atoms with E-state index in [-0.39, 0.29) is 5.91 Å². The highest BCUT2D eigenvalue weighted by molar-refractivity contribution is 5.81. The summed E-state index contributed by atoms with van der Waals surface area (Å²) in [5.74, 6) is 2.57. The molecule has 1 aliphatic heterocycles. The highest BCUT2D eigenvalue weighted by Crippen LogP contribution is 2.18. The van der Waals surface area contributed by atoms with Crippen molar-refractivity contribution < 1.29 is 4.79 Å². The number of carbonyl (C=O) groups excluding carboxylic acids is 1. The van der Waals surface area contributed by atoms with E-state index >= 15 is 0 Å². The highest BCUT2D eigenvalue weighted by atomic mass is 16.2. The van der Waals surface area contributed by atoms with Crippen molar-refractivity contribution in [3.8, 4) is 0 Å². The minimum absolute atomic E-state index is 0.139. The van der Waals surface area contributed by atoms with Gasteiger partial charge in [-0.15, -0.1) is 0 Å². The molecule has 6 heteroatoms. The van der Waals surface area contributed by atoms with Crippen molar-refractivity contribution in [3.63, 3.8) is 0 Å². The molecule has 6 nitrogen and oxygen atoms in total. The molecule has 104 valence electrons. The van der Waals surface area contributed by atoms with Crippen LogP contribution in [0.2, 0.25) is 0 Å². The maximum atomic E-state index is 11.9. The lowest BCUT2D eigenvalue weighted by Crippen LogP contribution is -2.34. The number of nitrogens with one attached hydrogen (secondary N) is 1. The van der Waals surface area contributed by atoms with Gasteiger partial charge in [0.2, 0.25) is 5.91 Å². The summed E-state index contributed by atoms with van der Waals surface area (Å²) >= 11 is 0. The first-order valence-corrected chi connectivity index (χ1v) is 6.68. The third-order valence-corrected chi connectivity index (χ3v) is 3.33. The smallest absolute Gasteiger partial charge is 0.241 e. The predicted molar refractivity (Wildman–Crippen MR) is 75.4 cm³/mol. The van der Waals surface area contributed by atoms with Crippen LogP contribution in [-0.4, -0.2) is 54.5 Å². The summed E-state index contributed by atoms with van der Waals surface area (Å²) in [5, 5.41) is 3.04. The van der Waals surface area contributed by atoms with Gasteiger partial charge in [-0.25, -0.2) is 9.97 Å². The van der Waals surface area contributed by atoms with Crippen molar-refractivity contribution in [1.29, 1.82) is 0 Å². The van der Waals surface area contributed by atoms with Crippen molar-refractivity contribution in [2.75, 3.05) is 43.9 Å². The van der Waals surface area contributed by atoms with Crippen molar-refractivity contribution in [2.45, 2.75) is 19.8 Å². The molecule has 1 amide bonds. The Morgan fingerprint density at radius 3 is 2.84 bits per heavy atom. The Morgan fingerprint density at radius 2 is 2.16 bits per heavy atom. The van der Waals surface area contributed by atoms with Crippen molar-refractivity contribution in [3.05, 3.63) is 11.9 Å². The summed E-state index contributed by atoms with van der Waals surface area (Å²) in [6.45, 7) is 4.07. The van der Waals surface area contributed by atoms with Gasteiger partial charge >= 0.3 is 0 Å². The maximum Gasteiger partial charge on any atom is 0.241 e. The molecule has 0 atom stereocenters. The second-order valence-corrected chi connectivity index (χ2v) is 4.72. The summed E-state index contributed by atoms with van der Waals surface area (Å²) < 4.78 is 0. The van der Waals surface area contributed by atoms with Gasteiger partial charge in [-0.1, -0.05) is 6.92 Å². The molecule has 0 radical (unpaired) electrons. The average Bonchev–Trinajstić information content (AvgIpc) is 2.60. The number of likely N-dealkylation sites (N-methyl/N-ethyl adjacent to an activating group) is 1. The van der Waals surface area contributed by atoms with Crippen LogP contribution in [0.1, 0.15) is 19.2 Å². The molecular formula is C13H21N5O. The van der Waals surface area contributed by atoms with Crippen molar-refractivity contribution in [2.24, 2.45) is 0 Å². The van der Waals surface area contributed by atoms with E-state index in [1.54, 1.807) is 4.90 Å². The fourth-order valence-electron chi connectivity index (χ4n) is 2.11. The Labute approximate surface area is 113 Å². The molecule has 19 heavy (non-hydrogen) atoms. The van der Waals surface area contributed by atoms with E-state index in [0.29, 0.717) is 6.54 Å². The molecule has 0 unspecified atom stereocenters. The molecule has 0 spiro atoms. The normalized spacial score (nSPS) is 16.5. The predicted octanol–water partition coefficient (Wildman–Crippen LogP) is 0.749. The molecule has 0 bridgehead atoms. The van der Waals surface area contributed by atoms with Crippen LogP contribution in [0.3, 0.4) is 0 Å². The molecule has 2 rings (SSSR count). The number of rotatable bonds is 3. The number of hydrogen-bond donors (Lipinski definition) is 1. The van der Waals surface area contributed by atoms with Crippen LogP contribution in [0.25, 0.3) is 0 Å². The number of carbonyl (C=O) groups is 1. The number of amides is 1. The fourth-order valence-corrected chi connectivity index (χ4v) is 2.11. The number of nitrogens with zero attached hydrogens (tertiary/aromatic N) is 4. The quantitative estimate of drug-likeness (QED) is 0.872. The van der Waals surface area contributed by atoms with E-state index in [1.807, 2.05) is 32.0 Å². The number of aromatic nitrogens is 2. The summed E-state index contributed by atoms with van der Waals surface area (Å²) in [7, 11) is 3.69. The highest BCUT2D eigenvalue weighted by Gasteiger charge is 2.20. The molecule has 0 saturated carbocycles. The standard InChI is InChI=1S/C13H21N5O/c1-4-10-15-11(14-2)8-12(16-10)18-7-5-6-17(3)13(19)9-18/h8H,4-7,9H2,1-3H3,(H,14,15,16). The van der Waals surface area contributed by atoms with E-state index in [0.717, 1.165) is 43.4 Å². The van der Waals surface area contributed by atoms with Gasteiger partial charge in [-0.05, 0) is 6.42 Å². The third kappa shape index (κ3) is 3.13. The molecule has 1 fully saturated rings. The van der Waals surface area contributed by atoms with Crippen LogP contribution >= 0.6 is 0 Å². The van der Waals surface area contributed by atoms with E-state index in [4.69, 9.17) is 0 Å². The van der Waals surface area contributed by atoms with E-state index < -0.39 is 0 Å². The van der Waals surface area contributed by atoms with Crippen LogP contribution in [0, 0.1) is 0 Å². The van der Waals surface area contributed by atoms with Gasteiger partial charge in [-0.2, -0.15) is 0 Å². The van der Waals surface area contributed by atoms with E-state index in [2.05, 4.69) is 15.3 Å². The van der Waals surface area contributed by atoms with Gasteiger partial charge in [-0.3, -0.25) is 4.79 Å². The van der Waals surface area contributed by atoms with Gasteiger partial charge < -0.3 is 15.1 Å². The first kappa shape index (κ1) is 13.6. The molecule has 1 saturated heterocycles. The number of aryl methyl sites for hydroxylation is 1. The first-order chi connectivity index (χ1) is 9.13. The summed E-state index contributed by atoms with van der Waals surface area (Å²) in [6, 6.07) is 1.90. The molecule has 0 aliphatic carbocycles. The minimum atomic E-state index is 0.139. The fraction of sp³-hybridized carbons (Fsp3) is 0.615. The second-order valence-electron chi connectivity index (χ2n) is 4.72. The molecular weight excluding hydrogens is 242 g/mol. The Hall–Kier alpha value is -1.85. The SMILES string of the molecule is CCc1nc(NC)cc(N2CCCN(C)C(=O)C2)n1. The van der Waals surface area contributed by atoms with Crippen LogP contribution in [-0.2, 0) is 11.2 Å². The first-order valence-electron chi connectivity index (χ1n) is 6.68. The molecule has 1 aromatic heterocycles. The van der Waals surface area contributed by atoms with Crippen LogP contribution in [0.15, 0.2) is 6.07 Å². The second kappa shape index (κ2) is 5.86. The lowest BCUT2D eigenvalue weighted by molar-refractivity contribution is -0.127. The van der Waals surface area contributed by atoms with Crippen molar-refractivity contribution >= 4 is 17.5 Å². The van der Waals surface area contributed by atoms with Crippen molar-refractivity contribution in [1.82, 2.24) is 14.9 Å². The largest absolute Gasteiger partial charge is 0.373 e. The zero-order valence-corrected chi connectivity index (χ0v) is 11.8. The lowest BCUT2D eigenvalue weighted by Gasteiger charge is -2.21. The van der Waals surface area contributed by atoms with Gasteiger partial charge in [0.1, 0.15) is 17.5 Å². The van der Waals surface area contributed by atoms with Gasteiger partial charge in [0.05, 0.1) is 6.54 Å². The van der Waals surface area contributed by atoms with Crippen LogP contribution < -0.4 is 10.2 Å². The molecule has 1 N–H and O–H groups in total. The Kier molecular flexibility index (Phi) is 4.19. The average molecular weight is 263 g/mol. The molecule has 1 aliphatic rings. The summed E-state index contributed by atoms with van der Waals surface area (Å²) in [5.41, 5.74) is 0. The monoisotopic (exact) mass is 263 g/mol. The maximum absolute atomic E-state index is 11.9. The van der Waals surface area contributed by atoms with E-state index in [1.165, 1.54) is 0 Å². The topological polar surface area (TPSA) is 61.4 Å². The van der Waals surface area contributed by atoms with Crippen LogP contribution in [0.4, 0.5) is 11.6 Å². The van der Waals surface area contributed by atoms with Gasteiger partial charge in [0, 0.05) is 39.7 Å². The van der Waals surface area contributed by atoms with Gasteiger partial charge in [0.25, 0.3) is 0 Å². The number of hydrogen-bond acceptors (Lipinski definition) is 5. The molecule has 2 heterocycles. The molecule has 1 aromatic rings. The number of anilines is 2. The Bertz CT molecular complexity index is 440. The molecule has 0 aromatic carbocycles. The third-order valence-electron chi connectivity index (χ3n) is 3.33. The van der Waals surface area contributed by atoms with Gasteiger partial charge in [0.15, 0.2) is 0 Å². The summed E-state index contributed by atoms with van der Waals surface area (Å²) in [6.07, 6.45) is 1.74. The summed E-state index contributed by atoms with van der Waals surface area (Å²) in [4.78, 5) is 24.7. The minimum Gasteiger partial charge on any atom is -0.373 e. The Balaban J connectivity index is 2.27. The Morgan fingerprint density at radius 1 is 1.37 bits per heavy atom. The lowest BCUT2D eigenvalue weighted by atomic mass is 10.3. The zero-order chi connectivity index (χ0) is 13.8.